The first-order valence-corrected chi connectivity index (χ1v) is 2.90. The molecule has 0 fully saturated rings. The fourth-order valence-corrected chi connectivity index (χ4v) is 0.476. The second-order valence-corrected chi connectivity index (χ2v) is 1.71. The van der Waals surface area contributed by atoms with Gasteiger partial charge >= 0.3 is 0 Å². The van der Waals surface area contributed by atoms with Gasteiger partial charge in [-0.05, 0) is 19.1 Å². The lowest BCUT2D eigenvalue weighted by atomic mass is 10.3. The van der Waals surface area contributed by atoms with E-state index in [9.17, 15) is 0 Å². The molecule has 0 radical (unpaired) electrons. The third-order valence-corrected chi connectivity index (χ3v) is 0.979. The van der Waals surface area contributed by atoms with E-state index in [2.05, 4.69) is 4.98 Å². The second-order valence-electron chi connectivity index (χ2n) is 1.71. The summed E-state index contributed by atoms with van der Waals surface area (Å²) in [6.45, 7) is 1.51. The molecule has 1 aromatic rings. The summed E-state index contributed by atoms with van der Waals surface area (Å²) in [5.74, 6) is 0.257. The van der Waals surface area contributed by atoms with E-state index in [1.165, 1.54) is 0 Å². The number of hydrogen-bond donors (Lipinski definition) is 2. The van der Waals surface area contributed by atoms with Crippen molar-refractivity contribution in [2.75, 3.05) is 0 Å². The van der Waals surface area contributed by atoms with E-state index in [0.717, 1.165) is 0 Å². The van der Waals surface area contributed by atoms with Crippen LogP contribution in [0.15, 0.2) is 18.3 Å². The number of nitrogens with zero attached hydrogens (tertiary/aromatic N) is 1. The number of aromatic hydroxyl groups is 1. The molecule has 0 unspecified atom stereocenters. The zero-order valence-electron chi connectivity index (χ0n) is 6.06. The maximum Gasteiger partial charge on any atom is 0.290 e. The van der Waals surface area contributed by atoms with Crippen LogP contribution in [0.25, 0.3) is 0 Å². The van der Waals surface area contributed by atoms with Crippen molar-refractivity contribution in [2.24, 2.45) is 0 Å². The fraction of sp³-hybridized carbons (Fsp3) is 0.143. The van der Waals surface area contributed by atoms with E-state index < -0.39 is 0 Å². The van der Waals surface area contributed by atoms with Gasteiger partial charge in [0.1, 0.15) is 5.75 Å². The van der Waals surface area contributed by atoms with Crippen LogP contribution in [0, 0.1) is 6.92 Å². The highest BCUT2D eigenvalue weighted by Gasteiger charge is 1.88. The van der Waals surface area contributed by atoms with Crippen LogP contribution in [-0.2, 0) is 4.79 Å². The molecular formula is C7H9NO3. The molecule has 0 saturated heterocycles. The lowest BCUT2D eigenvalue weighted by Crippen LogP contribution is -1.76. The number of carboxylic acid groups (broad SMARTS) is 1. The summed E-state index contributed by atoms with van der Waals surface area (Å²) in [5, 5.41) is 15.7. The Bertz CT molecular complexity index is 204. The summed E-state index contributed by atoms with van der Waals surface area (Å²) >= 11 is 0. The molecule has 4 heteroatoms. The van der Waals surface area contributed by atoms with Crippen molar-refractivity contribution in [3.8, 4) is 5.75 Å². The zero-order valence-corrected chi connectivity index (χ0v) is 6.06. The predicted molar refractivity (Wildman–Crippen MR) is 39.3 cm³/mol. The molecule has 1 aromatic heterocycles. The monoisotopic (exact) mass is 155 g/mol. The number of aromatic nitrogens is 1. The minimum absolute atomic E-state index is 0.250. The molecule has 0 saturated carbocycles. The Morgan fingerprint density at radius 1 is 1.64 bits per heavy atom. The minimum atomic E-state index is -0.250. The van der Waals surface area contributed by atoms with Crippen LogP contribution >= 0.6 is 0 Å². The maximum absolute atomic E-state index is 8.86. The Morgan fingerprint density at radius 2 is 2.18 bits per heavy atom. The van der Waals surface area contributed by atoms with Gasteiger partial charge in [0, 0.05) is 6.20 Å². The zero-order chi connectivity index (χ0) is 8.69. The van der Waals surface area contributed by atoms with Crippen LogP contribution in [0.4, 0.5) is 0 Å². The summed E-state index contributed by atoms with van der Waals surface area (Å²) < 4.78 is 0. The van der Waals surface area contributed by atoms with Gasteiger partial charge in [0.25, 0.3) is 6.47 Å². The summed E-state index contributed by atoms with van der Waals surface area (Å²) in [5.41, 5.74) is 0.674. The van der Waals surface area contributed by atoms with Crippen LogP contribution in [-0.4, -0.2) is 21.7 Å². The van der Waals surface area contributed by atoms with Gasteiger partial charge in [-0.15, -0.1) is 0 Å². The minimum Gasteiger partial charge on any atom is -0.506 e. The van der Waals surface area contributed by atoms with Gasteiger partial charge in [-0.2, -0.15) is 0 Å². The molecule has 0 amide bonds. The Labute approximate surface area is 64.1 Å². The second kappa shape index (κ2) is 5.22. The molecule has 0 aliphatic rings. The molecule has 1 heterocycles. The van der Waals surface area contributed by atoms with Gasteiger partial charge in [-0.25, -0.2) is 0 Å². The van der Waals surface area contributed by atoms with Crippen LogP contribution < -0.4 is 0 Å². The maximum atomic E-state index is 8.86. The van der Waals surface area contributed by atoms with Crippen molar-refractivity contribution in [1.29, 1.82) is 0 Å². The van der Waals surface area contributed by atoms with Crippen molar-refractivity contribution >= 4 is 6.47 Å². The highest BCUT2D eigenvalue weighted by atomic mass is 16.3. The van der Waals surface area contributed by atoms with Crippen LogP contribution in [0.1, 0.15) is 5.69 Å². The fourth-order valence-electron chi connectivity index (χ4n) is 0.476. The van der Waals surface area contributed by atoms with Crippen molar-refractivity contribution in [1.82, 2.24) is 4.98 Å². The van der Waals surface area contributed by atoms with Crippen molar-refractivity contribution in [3.63, 3.8) is 0 Å². The molecule has 60 valence electrons. The third-order valence-electron chi connectivity index (χ3n) is 0.979. The molecule has 11 heavy (non-hydrogen) atoms. The van der Waals surface area contributed by atoms with Gasteiger partial charge in [0.2, 0.25) is 0 Å². The smallest absolute Gasteiger partial charge is 0.290 e. The van der Waals surface area contributed by atoms with Gasteiger partial charge in [0.15, 0.2) is 0 Å². The summed E-state index contributed by atoms with van der Waals surface area (Å²) in [6.07, 6.45) is 1.65. The third kappa shape index (κ3) is 3.91. The van der Waals surface area contributed by atoms with E-state index in [4.69, 9.17) is 15.0 Å². The molecule has 0 aliphatic carbocycles. The summed E-state index contributed by atoms with van der Waals surface area (Å²) in [4.78, 5) is 12.2. The lowest BCUT2D eigenvalue weighted by Gasteiger charge is -1.91. The lowest BCUT2D eigenvalue weighted by molar-refractivity contribution is -0.122. The van der Waals surface area contributed by atoms with E-state index in [-0.39, 0.29) is 12.2 Å². The highest BCUT2D eigenvalue weighted by molar-refractivity contribution is 5.32. The van der Waals surface area contributed by atoms with Gasteiger partial charge < -0.3 is 10.2 Å². The van der Waals surface area contributed by atoms with Gasteiger partial charge in [-0.1, -0.05) is 0 Å². The normalized spacial score (nSPS) is 7.73. The predicted octanol–water partition coefficient (Wildman–Crippen LogP) is 0.796. The number of carbonyl (C=O) groups is 1. The molecule has 0 atom stereocenters. The molecule has 1 rings (SSSR count). The van der Waals surface area contributed by atoms with Crippen LogP contribution in [0.5, 0.6) is 5.75 Å². The Morgan fingerprint density at radius 3 is 2.45 bits per heavy atom. The quantitative estimate of drug-likeness (QED) is 0.543. The molecule has 4 nitrogen and oxygen atoms in total. The first kappa shape index (κ1) is 9.42. The van der Waals surface area contributed by atoms with Gasteiger partial charge in [0.05, 0.1) is 5.69 Å². The molecule has 2 N–H and O–H groups in total. The summed E-state index contributed by atoms with van der Waals surface area (Å²) in [7, 11) is 0. The number of pyridine rings is 1. The molecule has 0 bridgehead atoms. The van der Waals surface area contributed by atoms with E-state index in [0.29, 0.717) is 5.69 Å². The average Bonchev–Trinajstić information content (AvgIpc) is 1.97. The number of hydrogen-bond acceptors (Lipinski definition) is 3. The van der Waals surface area contributed by atoms with Crippen molar-refractivity contribution in [2.45, 2.75) is 6.92 Å². The van der Waals surface area contributed by atoms with E-state index >= 15 is 0 Å². The first-order chi connectivity index (χ1) is 5.22. The molecule has 0 aliphatic heterocycles. The Balaban J connectivity index is 0.000000292. The van der Waals surface area contributed by atoms with E-state index in [1.54, 1.807) is 25.3 Å². The van der Waals surface area contributed by atoms with Gasteiger partial charge in [-0.3, -0.25) is 9.78 Å². The number of rotatable bonds is 0. The van der Waals surface area contributed by atoms with E-state index in [1.807, 2.05) is 0 Å². The summed E-state index contributed by atoms with van der Waals surface area (Å²) in [6, 6.07) is 3.31. The topological polar surface area (TPSA) is 70.4 Å². The van der Waals surface area contributed by atoms with Crippen LogP contribution in [0.2, 0.25) is 0 Å². The average molecular weight is 155 g/mol. The molecule has 0 aromatic carbocycles. The molecule has 0 spiro atoms. The largest absolute Gasteiger partial charge is 0.506 e. The number of aryl methyl sites for hydroxylation is 1. The van der Waals surface area contributed by atoms with Crippen LogP contribution in [0.3, 0.4) is 0 Å². The first-order valence-electron chi connectivity index (χ1n) is 2.90. The van der Waals surface area contributed by atoms with Crippen molar-refractivity contribution in [3.05, 3.63) is 24.0 Å². The standard InChI is InChI=1S/C6H7NO.CH2O2/c1-5-6(8)3-2-4-7-5;2-1-3/h2-4,8H,1H3;1H,(H,2,3). The Hall–Kier alpha value is -1.58. The highest BCUT2D eigenvalue weighted by Crippen LogP contribution is 2.08. The molecular weight excluding hydrogens is 146 g/mol. The SMILES string of the molecule is Cc1ncccc1O.O=CO. The van der Waals surface area contributed by atoms with Crippen molar-refractivity contribution < 1.29 is 15.0 Å². The Kier molecular flexibility index (Phi) is 4.47.